The van der Waals surface area contributed by atoms with Crippen molar-refractivity contribution in [1.29, 1.82) is 0 Å². The number of nitrogens with zero attached hydrogens (tertiary/aromatic N) is 2. The number of aryl methyl sites for hydroxylation is 3. The third-order valence-corrected chi connectivity index (χ3v) is 5.94. The molecule has 0 saturated carbocycles. The van der Waals surface area contributed by atoms with Crippen LogP contribution in [0.1, 0.15) is 40.1 Å². The van der Waals surface area contributed by atoms with Gasteiger partial charge in [0.2, 0.25) is 5.82 Å². The molecule has 0 radical (unpaired) electrons. The molecule has 0 unspecified atom stereocenters. The lowest BCUT2D eigenvalue weighted by atomic mass is 9.90. The monoisotopic (exact) mass is 451 g/mol. The minimum atomic E-state index is -0.385. The maximum absolute atomic E-state index is 12.9. The topological polar surface area (TPSA) is 81.2 Å². The molecular weight excluding hydrogens is 434 g/mol. The third-order valence-electron chi connectivity index (χ3n) is 5.45. The number of benzene rings is 2. The summed E-state index contributed by atoms with van der Waals surface area (Å²) in [7, 11) is 0. The molecule has 29 heavy (non-hydrogen) atoms. The maximum Gasteiger partial charge on any atom is 0.292 e. The molecular formula is C22H18BrN3O3. The molecule has 4 aromatic rings. The number of carbonyl (C=O) groups is 1. The van der Waals surface area contributed by atoms with E-state index in [1.165, 1.54) is 24.0 Å². The van der Waals surface area contributed by atoms with E-state index in [0.29, 0.717) is 11.3 Å². The molecule has 7 heteroatoms. The highest BCUT2D eigenvalue weighted by Crippen LogP contribution is 2.31. The number of aromatic nitrogens is 2. The summed E-state index contributed by atoms with van der Waals surface area (Å²) in [5, 5.41) is 11.6. The lowest BCUT2D eigenvalue weighted by molar-refractivity contribution is 0.0997. The summed E-state index contributed by atoms with van der Waals surface area (Å²) in [6, 6.07) is 11.9. The summed E-state index contributed by atoms with van der Waals surface area (Å²) in [6.45, 7) is 1.86. The minimum Gasteiger partial charge on any atom is -0.451 e. The van der Waals surface area contributed by atoms with Crippen molar-refractivity contribution >= 4 is 38.6 Å². The van der Waals surface area contributed by atoms with E-state index in [9.17, 15) is 4.79 Å². The number of hydrogen-bond acceptors (Lipinski definition) is 5. The first kappa shape index (κ1) is 18.1. The molecule has 0 fully saturated rings. The summed E-state index contributed by atoms with van der Waals surface area (Å²) < 4.78 is 11.6. The Morgan fingerprint density at radius 3 is 2.76 bits per heavy atom. The van der Waals surface area contributed by atoms with E-state index in [1.807, 2.05) is 31.2 Å². The molecule has 0 aliphatic heterocycles. The van der Waals surface area contributed by atoms with E-state index >= 15 is 0 Å². The number of anilines is 1. The van der Waals surface area contributed by atoms with Crippen LogP contribution in [0.15, 0.2) is 49.9 Å². The van der Waals surface area contributed by atoms with Gasteiger partial charge in [0.15, 0.2) is 11.5 Å². The molecule has 5 rings (SSSR count). The van der Waals surface area contributed by atoms with Crippen molar-refractivity contribution in [1.82, 2.24) is 10.3 Å². The van der Waals surface area contributed by atoms with Crippen LogP contribution in [0.3, 0.4) is 0 Å². The smallest absolute Gasteiger partial charge is 0.292 e. The van der Waals surface area contributed by atoms with Crippen LogP contribution in [0.4, 0.5) is 5.82 Å². The van der Waals surface area contributed by atoms with Crippen molar-refractivity contribution in [2.45, 2.75) is 32.6 Å². The number of amides is 1. The fourth-order valence-corrected chi connectivity index (χ4v) is 4.28. The standard InChI is InChI=1S/C22H18BrN3O3/c1-12-17-11-16(23)8-9-18(17)28-20(12)22(27)24-21-19(25-29-26-21)15-7-6-13-4-2-3-5-14(13)10-15/h6-11H,2-5H2,1H3,(H,24,26,27). The highest BCUT2D eigenvalue weighted by Gasteiger charge is 2.22. The van der Waals surface area contributed by atoms with Crippen LogP contribution < -0.4 is 5.32 Å². The summed E-state index contributed by atoms with van der Waals surface area (Å²) in [4.78, 5) is 12.9. The summed E-state index contributed by atoms with van der Waals surface area (Å²) in [6.07, 6.45) is 4.59. The number of rotatable bonds is 3. The van der Waals surface area contributed by atoms with Gasteiger partial charge in [-0.05, 0) is 78.3 Å². The molecule has 1 aliphatic rings. The quantitative estimate of drug-likeness (QED) is 0.432. The molecule has 2 aromatic carbocycles. The van der Waals surface area contributed by atoms with Gasteiger partial charge in [0.1, 0.15) is 5.58 Å². The van der Waals surface area contributed by atoms with Gasteiger partial charge in [0.25, 0.3) is 5.91 Å². The van der Waals surface area contributed by atoms with Gasteiger partial charge in [-0.2, -0.15) is 0 Å². The van der Waals surface area contributed by atoms with Gasteiger partial charge in [-0.25, -0.2) is 4.63 Å². The number of nitrogens with one attached hydrogen (secondary N) is 1. The first-order valence-electron chi connectivity index (χ1n) is 9.55. The average molecular weight is 452 g/mol. The van der Waals surface area contributed by atoms with Crippen LogP contribution >= 0.6 is 15.9 Å². The van der Waals surface area contributed by atoms with Gasteiger partial charge in [0, 0.05) is 21.0 Å². The molecule has 0 atom stereocenters. The van der Waals surface area contributed by atoms with Crippen LogP contribution in [0.2, 0.25) is 0 Å². The van der Waals surface area contributed by atoms with E-state index in [0.717, 1.165) is 33.8 Å². The lowest BCUT2D eigenvalue weighted by Crippen LogP contribution is -2.13. The van der Waals surface area contributed by atoms with Gasteiger partial charge < -0.3 is 4.42 Å². The van der Waals surface area contributed by atoms with Crippen LogP contribution in [0.5, 0.6) is 0 Å². The first-order chi connectivity index (χ1) is 14.1. The number of fused-ring (bicyclic) bond motifs is 2. The second kappa shape index (κ2) is 7.15. The fourth-order valence-electron chi connectivity index (χ4n) is 3.91. The Morgan fingerprint density at radius 1 is 1.07 bits per heavy atom. The summed E-state index contributed by atoms with van der Waals surface area (Å²) >= 11 is 3.45. The molecule has 0 spiro atoms. The Labute approximate surface area is 175 Å². The van der Waals surface area contributed by atoms with E-state index in [-0.39, 0.29) is 17.5 Å². The summed E-state index contributed by atoms with van der Waals surface area (Å²) in [5.74, 6) is 0.147. The maximum atomic E-state index is 12.9. The molecule has 1 N–H and O–H groups in total. The van der Waals surface area contributed by atoms with E-state index in [4.69, 9.17) is 9.05 Å². The minimum absolute atomic E-state index is 0.248. The first-order valence-corrected chi connectivity index (χ1v) is 10.3. The lowest BCUT2D eigenvalue weighted by Gasteiger charge is -2.16. The second-order valence-electron chi connectivity index (χ2n) is 7.30. The van der Waals surface area contributed by atoms with E-state index in [1.54, 1.807) is 0 Å². The highest BCUT2D eigenvalue weighted by molar-refractivity contribution is 9.10. The Bertz CT molecular complexity index is 1240. The second-order valence-corrected chi connectivity index (χ2v) is 8.22. The van der Waals surface area contributed by atoms with Gasteiger partial charge in [-0.3, -0.25) is 10.1 Å². The number of halogens is 1. The van der Waals surface area contributed by atoms with E-state index in [2.05, 4.69) is 43.7 Å². The zero-order chi connectivity index (χ0) is 20.0. The van der Waals surface area contributed by atoms with Gasteiger partial charge >= 0.3 is 0 Å². The molecule has 2 aromatic heterocycles. The van der Waals surface area contributed by atoms with Crippen LogP contribution in [-0.4, -0.2) is 16.2 Å². The van der Waals surface area contributed by atoms with Crippen molar-refractivity contribution in [3.63, 3.8) is 0 Å². The predicted molar refractivity (Wildman–Crippen MR) is 113 cm³/mol. The van der Waals surface area contributed by atoms with Crippen molar-refractivity contribution in [3.05, 3.63) is 63.3 Å². The Hall–Kier alpha value is -2.93. The van der Waals surface area contributed by atoms with E-state index < -0.39 is 0 Å². The fraction of sp³-hybridized carbons (Fsp3) is 0.227. The predicted octanol–water partition coefficient (Wildman–Crippen LogP) is 5.68. The van der Waals surface area contributed by atoms with Crippen molar-refractivity contribution in [2.75, 3.05) is 5.32 Å². The Balaban J connectivity index is 1.46. The molecule has 146 valence electrons. The normalized spacial score (nSPS) is 13.4. The highest BCUT2D eigenvalue weighted by atomic mass is 79.9. The van der Waals surface area contributed by atoms with Crippen LogP contribution in [0, 0.1) is 6.92 Å². The van der Waals surface area contributed by atoms with Crippen LogP contribution in [-0.2, 0) is 12.8 Å². The van der Waals surface area contributed by atoms with Crippen LogP contribution in [0.25, 0.3) is 22.2 Å². The van der Waals surface area contributed by atoms with Crippen molar-refractivity contribution < 1.29 is 13.8 Å². The number of carbonyl (C=O) groups excluding carboxylic acids is 1. The molecule has 0 saturated heterocycles. The Kier molecular flexibility index (Phi) is 4.47. The number of hydrogen-bond donors (Lipinski definition) is 1. The summed E-state index contributed by atoms with van der Waals surface area (Å²) in [5.41, 5.74) is 5.53. The molecule has 1 aliphatic carbocycles. The zero-order valence-electron chi connectivity index (χ0n) is 15.8. The SMILES string of the molecule is Cc1c(C(=O)Nc2nonc2-c2ccc3c(c2)CCCC3)oc2ccc(Br)cc12. The Morgan fingerprint density at radius 2 is 1.90 bits per heavy atom. The van der Waals surface area contributed by atoms with Crippen molar-refractivity contribution in [3.8, 4) is 11.3 Å². The van der Waals surface area contributed by atoms with Gasteiger partial charge in [-0.1, -0.05) is 28.1 Å². The molecule has 2 heterocycles. The molecule has 0 bridgehead atoms. The molecule has 6 nitrogen and oxygen atoms in total. The molecule has 1 amide bonds. The van der Waals surface area contributed by atoms with Gasteiger partial charge in [-0.15, -0.1) is 0 Å². The van der Waals surface area contributed by atoms with Gasteiger partial charge in [0.05, 0.1) is 0 Å². The largest absolute Gasteiger partial charge is 0.451 e. The number of furan rings is 1. The average Bonchev–Trinajstić information content (AvgIpc) is 3.32. The zero-order valence-corrected chi connectivity index (χ0v) is 17.4. The van der Waals surface area contributed by atoms with Crippen molar-refractivity contribution in [2.24, 2.45) is 0 Å². The third kappa shape index (κ3) is 3.25.